The van der Waals surface area contributed by atoms with Gasteiger partial charge in [-0.1, -0.05) is 0 Å². The summed E-state index contributed by atoms with van der Waals surface area (Å²) >= 11 is 0. The average molecular weight is 349 g/mol. The smallest absolute Gasteiger partial charge is 0.317 e. The van der Waals surface area contributed by atoms with E-state index in [0.717, 1.165) is 71.0 Å². The van der Waals surface area contributed by atoms with E-state index in [1.54, 1.807) is 0 Å². The van der Waals surface area contributed by atoms with E-state index in [0.29, 0.717) is 6.10 Å². The summed E-state index contributed by atoms with van der Waals surface area (Å²) in [6, 6.07) is 0.0776. The number of nitrogens with zero attached hydrogens (tertiary/aromatic N) is 4. The number of urea groups is 1. The lowest BCUT2D eigenvalue weighted by molar-refractivity contribution is 0.102. The molecule has 2 aliphatic rings. The predicted octanol–water partition coefficient (Wildman–Crippen LogP) is 1.60. The zero-order valence-corrected chi connectivity index (χ0v) is 15.3. The van der Waals surface area contributed by atoms with Crippen LogP contribution in [0.1, 0.15) is 37.9 Å². The first kappa shape index (κ1) is 18.2. The molecule has 0 spiro atoms. The van der Waals surface area contributed by atoms with Crippen LogP contribution in [0.2, 0.25) is 0 Å². The summed E-state index contributed by atoms with van der Waals surface area (Å²) < 4.78 is 7.68. The van der Waals surface area contributed by atoms with Crippen LogP contribution in [0.15, 0.2) is 12.4 Å². The zero-order valence-electron chi connectivity index (χ0n) is 15.3. The Morgan fingerprint density at radius 3 is 2.84 bits per heavy atom. The average Bonchev–Trinajstić information content (AvgIpc) is 3.27. The van der Waals surface area contributed by atoms with Gasteiger partial charge in [-0.05, 0) is 32.1 Å². The van der Waals surface area contributed by atoms with Crippen LogP contribution in [0, 0.1) is 0 Å². The molecule has 1 N–H and O–H groups in total. The third kappa shape index (κ3) is 5.44. The molecule has 0 saturated carbocycles. The highest BCUT2D eigenvalue weighted by Crippen LogP contribution is 2.17. The van der Waals surface area contributed by atoms with Crippen molar-refractivity contribution in [2.45, 2.75) is 44.8 Å². The highest BCUT2D eigenvalue weighted by Gasteiger charge is 2.21. The molecule has 7 heteroatoms. The van der Waals surface area contributed by atoms with E-state index in [2.05, 4.69) is 19.8 Å². The number of aromatic nitrogens is 2. The van der Waals surface area contributed by atoms with E-state index in [1.165, 1.54) is 12.8 Å². The van der Waals surface area contributed by atoms with Crippen LogP contribution in [0.25, 0.3) is 0 Å². The van der Waals surface area contributed by atoms with E-state index in [1.807, 2.05) is 24.3 Å². The fraction of sp³-hybridized carbons (Fsp3) is 0.778. The third-order valence-electron chi connectivity index (χ3n) is 5.20. The summed E-state index contributed by atoms with van der Waals surface area (Å²) in [7, 11) is 2.02. The van der Waals surface area contributed by atoms with Crippen LogP contribution in [0.4, 0.5) is 4.79 Å². The van der Waals surface area contributed by atoms with Crippen LogP contribution in [0.5, 0.6) is 0 Å². The molecule has 3 rings (SSSR count). The highest BCUT2D eigenvalue weighted by molar-refractivity contribution is 5.74. The first-order valence-electron chi connectivity index (χ1n) is 9.55. The fourth-order valence-corrected chi connectivity index (χ4v) is 3.53. The first-order valence-corrected chi connectivity index (χ1v) is 9.55. The molecular weight excluding hydrogens is 318 g/mol. The summed E-state index contributed by atoms with van der Waals surface area (Å²) in [4.78, 5) is 20.9. The number of carbonyl (C=O) groups is 1. The first-order chi connectivity index (χ1) is 12.2. The van der Waals surface area contributed by atoms with Gasteiger partial charge < -0.3 is 19.5 Å². The Hall–Kier alpha value is -1.60. The summed E-state index contributed by atoms with van der Waals surface area (Å²) in [5.74, 6) is 1.07. The van der Waals surface area contributed by atoms with Gasteiger partial charge in [0.05, 0.1) is 12.6 Å². The zero-order chi connectivity index (χ0) is 17.5. The Morgan fingerprint density at radius 1 is 1.32 bits per heavy atom. The minimum Gasteiger partial charge on any atom is -0.378 e. The number of hydrogen-bond donors (Lipinski definition) is 1. The number of amides is 2. The molecular formula is C18H31N5O2. The molecule has 7 nitrogen and oxygen atoms in total. The molecule has 2 saturated heterocycles. The monoisotopic (exact) mass is 349 g/mol. The van der Waals surface area contributed by atoms with Gasteiger partial charge in [0.2, 0.25) is 0 Å². The van der Waals surface area contributed by atoms with Crippen molar-refractivity contribution in [3.8, 4) is 0 Å². The molecule has 25 heavy (non-hydrogen) atoms. The molecule has 1 aromatic heterocycles. The molecule has 3 heterocycles. The number of carbonyl (C=O) groups excluding carboxylic acids is 1. The minimum absolute atomic E-state index is 0.0776. The second-order valence-corrected chi connectivity index (χ2v) is 7.08. The highest BCUT2D eigenvalue weighted by atomic mass is 16.5. The molecule has 0 radical (unpaired) electrons. The molecule has 140 valence electrons. The Bertz CT molecular complexity index is 533. The van der Waals surface area contributed by atoms with E-state index in [4.69, 9.17) is 4.74 Å². The third-order valence-corrected chi connectivity index (χ3v) is 5.20. The van der Waals surface area contributed by atoms with E-state index < -0.39 is 0 Å². The van der Waals surface area contributed by atoms with Crippen LogP contribution < -0.4 is 5.32 Å². The van der Waals surface area contributed by atoms with Gasteiger partial charge >= 0.3 is 6.03 Å². The summed E-state index contributed by atoms with van der Waals surface area (Å²) in [5.41, 5.74) is 0. The van der Waals surface area contributed by atoms with Gasteiger partial charge in [0, 0.05) is 58.8 Å². The summed E-state index contributed by atoms with van der Waals surface area (Å²) in [6.07, 6.45) is 9.95. The van der Waals surface area contributed by atoms with E-state index in [9.17, 15) is 4.79 Å². The fourth-order valence-electron chi connectivity index (χ4n) is 3.53. The van der Waals surface area contributed by atoms with Crippen LogP contribution in [-0.2, 0) is 18.3 Å². The van der Waals surface area contributed by atoms with Crippen molar-refractivity contribution in [1.29, 1.82) is 0 Å². The van der Waals surface area contributed by atoms with Gasteiger partial charge in [-0.25, -0.2) is 9.78 Å². The van der Waals surface area contributed by atoms with Gasteiger partial charge in [0.25, 0.3) is 0 Å². The van der Waals surface area contributed by atoms with Gasteiger partial charge in [0.15, 0.2) is 0 Å². The maximum absolute atomic E-state index is 12.3. The lowest BCUT2D eigenvalue weighted by Crippen LogP contribution is -2.51. The Balaban J connectivity index is 1.27. The molecule has 0 bridgehead atoms. The predicted molar refractivity (Wildman–Crippen MR) is 96.3 cm³/mol. The van der Waals surface area contributed by atoms with Crippen molar-refractivity contribution in [2.24, 2.45) is 7.05 Å². The number of piperazine rings is 1. The van der Waals surface area contributed by atoms with Crippen molar-refractivity contribution in [3.63, 3.8) is 0 Å². The lowest BCUT2D eigenvalue weighted by Gasteiger charge is -2.34. The van der Waals surface area contributed by atoms with Crippen LogP contribution in [-0.4, -0.2) is 70.8 Å². The number of imidazole rings is 1. The molecule has 1 unspecified atom stereocenters. The Kier molecular flexibility index (Phi) is 6.69. The second-order valence-electron chi connectivity index (χ2n) is 7.08. The Morgan fingerprint density at radius 2 is 2.16 bits per heavy atom. The molecule has 2 aliphatic heterocycles. The van der Waals surface area contributed by atoms with Crippen LogP contribution in [0.3, 0.4) is 0 Å². The van der Waals surface area contributed by atoms with Crippen molar-refractivity contribution in [2.75, 3.05) is 39.3 Å². The number of nitrogens with one attached hydrogen (secondary N) is 1. The SMILES string of the molecule is Cn1ccnc1CN1CCN(C(=O)NCCCCC2CCCO2)CC1. The largest absolute Gasteiger partial charge is 0.378 e. The number of hydrogen-bond acceptors (Lipinski definition) is 4. The van der Waals surface area contributed by atoms with Gasteiger partial charge in [0.1, 0.15) is 5.82 Å². The Labute approximate surface area is 150 Å². The van der Waals surface area contributed by atoms with Gasteiger partial charge in [-0.15, -0.1) is 0 Å². The molecule has 1 atom stereocenters. The lowest BCUT2D eigenvalue weighted by atomic mass is 10.1. The quantitative estimate of drug-likeness (QED) is 0.760. The summed E-state index contributed by atoms with van der Waals surface area (Å²) in [5, 5.41) is 3.06. The van der Waals surface area contributed by atoms with Crippen molar-refractivity contribution >= 4 is 6.03 Å². The normalized spacial score (nSPS) is 21.6. The summed E-state index contributed by atoms with van der Waals surface area (Å²) in [6.45, 7) is 5.91. The van der Waals surface area contributed by atoms with E-state index in [-0.39, 0.29) is 6.03 Å². The van der Waals surface area contributed by atoms with E-state index >= 15 is 0 Å². The van der Waals surface area contributed by atoms with Crippen LogP contribution >= 0.6 is 0 Å². The molecule has 2 amide bonds. The minimum atomic E-state index is 0.0776. The van der Waals surface area contributed by atoms with Gasteiger partial charge in [-0.3, -0.25) is 4.90 Å². The molecule has 0 aromatic carbocycles. The maximum Gasteiger partial charge on any atom is 0.317 e. The number of rotatable bonds is 7. The molecule has 2 fully saturated rings. The van der Waals surface area contributed by atoms with Gasteiger partial charge in [-0.2, -0.15) is 0 Å². The number of aryl methyl sites for hydroxylation is 1. The van der Waals surface area contributed by atoms with Crippen molar-refractivity contribution < 1.29 is 9.53 Å². The molecule has 1 aromatic rings. The second kappa shape index (κ2) is 9.20. The maximum atomic E-state index is 12.3. The number of unbranched alkanes of at least 4 members (excludes halogenated alkanes) is 1. The standard InChI is InChI=1S/C18H31N5O2/c1-21-9-8-19-17(21)15-22-10-12-23(13-11-22)18(24)20-7-3-2-5-16-6-4-14-25-16/h8-9,16H,2-7,10-15H2,1H3,(H,20,24). The molecule has 0 aliphatic carbocycles. The van der Waals surface area contributed by atoms with Crippen molar-refractivity contribution in [3.05, 3.63) is 18.2 Å². The van der Waals surface area contributed by atoms with Crippen molar-refractivity contribution in [1.82, 2.24) is 24.7 Å². The number of ether oxygens (including phenoxy) is 1. The topological polar surface area (TPSA) is 62.6 Å².